The van der Waals surface area contributed by atoms with E-state index < -0.39 is 0 Å². The van der Waals surface area contributed by atoms with Gasteiger partial charge in [-0.1, -0.05) is 41.7 Å². The Balaban J connectivity index is 1.50. The summed E-state index contributed by atoms with van der Waals surface area (Å²) < 4.78 is 2.84. The number of anilines is 2. The van der Waals surface area contributed by atoms with Gasteiger partial charge in [-0.3, -0.25) is 4.79 Å². The normalized spacial score (nSPS) is 11.1. The van der Waals surface area contributed by atoms with Crippen molar-refractivity contribution in [1.82, 2.24) is 14.8 Å². The number of carbonyl (C=O) groups excluding carboxylic acids is 1. The molecule has 8 heteroatoms. The van der Waals surface area contributed by atoms with Crippen LogP contribution in [0.25, 0.3) is 9.53 Å². The van der Waals surface area contributed by atoms with Crippen LogP contribution in [0, 0.1) is 0 Å². The van der Waals surface area contributed by atoms with Crippen LogP contribution in [0.1, 0.15) is 29.1 Å². The molecule has 0 saturated carbocycles. The standard InChI is InChI=1S/C20H21N5OS2/c1-3-24(4-2)20-23-19-16(28-20)12-15(27-19)18(26)22-17-10-11-21-25(17)13-14-8-6-5-7-9-14/h5-12H,3-4,13H2,1-2H3,(H,22,26). The van der Waals surface area contributed by atoms with Crippen molar-refractivity contribution in [2.24, 2.45) is 0 Å². The molecule has 3 aromatic heterocycles. The monoisotopic (exact) mass is 411 g/mol. The zero-order valence-corrected chi connectivity index (χ0v) is 17.4. The first kappa shape index (κ1) is 18.6. The average molecular weight is 412 g/mol. The number of thiophene rings is 1. The molecule has 3 heterocycles. The minimum Gasteiger partial charge on any atom is -0.349 e. The van der Waals surface area contributed by atoms with E-state index in [1.165, 1.54) is 11.3 Å². The summed E-state index contributed by atoms with van der Waals surface area (Å²) >= 11 is 3.06. The lowest BCUT2D eigenvalue weighted by Crippen LogP contribution is -2.21. The van der Waals surface area contributed by atoms with Crippen LogP contribution in [-0.4, -0.2) is 33.8 Å². The van der Waals surface area contributed by atoms with E-state index in [-0.39, 0.29) is 5.91 Å². The molecular formula is C20H21N5OS2. The number of carbonyl (C=O) groups is 1. The summed E-state index contributed by atoms with van der Waals surface area (Å²) in [6.07, 6.45) is 1.70. The first-order valence-electron chi connectivity index (χ1n) is 9.20. The van der Waals surface area contributed by atoms with Crippen molar-refractivity contribution in [3.63, 3.8) is 0 Å². The molecule has 0 radical (unpaired) electrons. The van der Waals surface area contributed by atoms with Crippen molar-refractivity contribution in [3.8, 4) is 0 Å². The number of benzene rings is 1. The number of nitrogens with one attached hydrogen (secondary N) is 1. The maximum absolute atomic E-state index is 12.7. The molecule has 4 aromatic rings. The van der Waals surface area contributed by atoms with Gasteiger partial charge in [-0.2, -0.15) is 5.10 Å². The quantitative estimate of drug-likeness (QED) is 0.479. The SMILES string of the molecule is CCN(CC)c1nc2sc(C(=O)Nc3ccnn3Cc3ccccc3)cc2s1. The fourth-order valence-electron chi connectivity index (χ4n) is 2.96. The molecule has 6 nitrogen and oxygen atoms in total. The summed E-state index contributed by atoms with van der Waals surface area (Å²) in [7, 11) is 0. The van der Waals surface area contributed by atoms with Gasteiger partial charge in [-0.05, 0) is 25.5 Å². The zero-order chi connectivity index (χ0) is 19.5. The summed E-state index contributed by atoms with van der Waals surface area (Å²) in [6, 6.07) is 13.8. The van der Waals surface area contributed by atoms with Gasteiger partial charge in [0.05, 0.1) is 22.3 Å². The van der Waals surface area contributed by atoms with E-state index in [4.69, 9.17) is 4.98 Å². The third-order valence-corrected chi connectivity index (χ3v) is 6.69. The van der Waals surface area contributed by atoms with Crippen molar-refractivity contribution in [2.75, 3.05) is 23.3 Å². The molecular weight excluding hydrogens is 390 g/mol. The Morgan fingerprint density at radius 3 is 2.64 bits per heavy atom. The van der Waals surface area contributed by atoms with Crippen LogP contribution in [0.15, 0.2) is 48.7 Å². The molecule has 0 aliphatic carbocycles. The van der Waals surface area contributed by atoms with Gasteiger partial charge >= 0.3 is 0 Å². The Kier molecular flexibility index (Phi) is 5.40. The molecule has 0 unspecified atom stereocenters. The Labute approximate surface area is 171 Å². The van der Waals surface area contributed by atoms with Crippen LogP contribution in [0.3, 0.4) is 0 Å². The number of thiazole rings is 1. The van der Waals surface area contributed by atoms with Gasteiger partial charge in [-0.15, -0.1) is 11.3 Å². The summed E-state index contributed by atoms with van der Waals surface area (Å²) in [5.74, 6) is 0.553. The Morgan fingerprint density at radius 2 is 1.93 bits per heavy atom. The van der Waals surface area contributed by atoms with E-state index in [0.717, 1.165) is 33.3 Å². The molecule has 0 atom stereocenters. The second-order valence-corrected chi connectivity index (χ2v) is 8.30. The lowest BCUT2D eigenvalue weighted by atomic mass is 10.2. The molecule has 1 N–H and O–H groups in total. The van der Waals surface area contributed by atoms with Crippen molar-refractivity contribution in [1.29, 1.82) is 0 Å². The lowest BCUT2D eigenvalue weighted by molar-refractivity contribution is 0.102. The van der Waals surface area contributed by atoms with Crippen LogP contribution < -0.4 is 10.2 Å². The largest absolute Gasteiger partial charge is 0.349 e. The zero-order valence-electron chi connectivity index (χ0n) is 15.8. The maximum atomic E-state index is 12.7. The molecule has 1 amide bonds. The molecule has 144 valence electrons. The third-order valence-electron chi connectivity index (χ3n) is 4.47. The second kappa shape index (κ2) is 8.12. The Bertz CT molecular complexity index is 1050. The highest BCUT2D eigenvalue weighted by molar-refractivity contribution is 7.29. The van der Waals surface area contributed by atoms with Crippen LogP contribution in [-0.2, 0) is 6.54 Å². The van der Waals surface area contributed by atoms with Gasteiger partial charge < -0.3 is 10.2 Å². The maximum Gasteiger partial charge on any atom is 0.267 e. The van der Waals surface area contributed by atoms with E-state index >= 15 is 0 Å². The smallest absolute Gasteiger partial charge is 0.267 e. The number of amides is 1. The van der Waals surface area contributed by atoms with Gasteiger partial charge in [0.2, 0.25) is 0 Å². The van der Waals surface area contributed by atoms with Crippen molar-refractivity contribution < 1.29 is 4.79 Å². The van der Waals surface area contributed by atoms with Gasteiger partial charge in [0.15, 0.2) is 5.13 Å². The number of hydrogen-bond acceptors (Lipinski definition) is 6. The Morgan fingerprint density at radius 1 is 1.14 bits per heavy atom. The van der Waals surface area contributed by atoms with E-state index in [1.54, 1.807) is 22.2 Å². The van der Waals surface area contributed by atoms with Crippen LogP contribution in [0.4, 0.5) is 10.9 Å². The van der Waals surface area contributed by atoms with Crippen molar-refractivity contribution >= 4 is 49.1 Å². The van der Waals surface area contributed by atoms with E-state index in [0.29, 0.717) is 17.2 Å². The predicted molar refractivity (Wildman–Crippen MR) is 117 cm³/mol. The van der Waals surface area contributed by atoms with Crippen LogP contribution in [0.2, 0.25) is 0 Å². The van der Waals surface area contributed by atoms with E-state index in [2.05, 4.69) is 29.2 Å². The predicted octanol–water partition coefficient (Wildman–Crippen LogP) is 4.70. The van der Waals surface area contributed by atoms with E-state index in [1.807, 2.05) is 42.5 Å². The van der Waals surface area contributed by atoms with Gasteiger partial charge in [0.25, 0.3) is 5.91 Å². The van der Waals surface area contributed by atoms with Gasteiger partial charge in [-0.25, -0.2) is 9.67 Å². The number of rotatable bonds is 7. The molecule has 4 rings (SSSR count). The fraction of sp³-hybridized carbons (Fsp3) is 0.250. The number of fused-ring (bicyclic) bond motifs is 1. The highest BCUT2D eigenvalue weighted by Crippen LogP contribution is 2.34. The summed E-state index contributed by atoms with van der Waals surface area (Å²) in [5, 5.41) is 8.32. The first-order chi connectivity index (χ1) is 13.7. The highest BCUT2D eigenvalue weighted by atomic mass is 32.1. The molecule has 28 heavy (non-hydrogen) atoms. The molecule has 0 aliphatic rings. The summed E-state index contributed by atoms with van der Waals surface area (Å²) in [6.45, 7) is 6.71. The van der Waals surface area contributed by atoms with Crippen LogP contribution >= 0.6 is 22.7 Å². The number of nitrogens with zero attached hydrogens (tertiary/aromatic N) is 4. The van der Waals surface area contributed by atoms with Gasteiger partial charge in [0, 0.05) is 19.2 Å². The van der Waals surface area contributed by atoms with Crippen molar-refractivity contribution in [3.05, 3.63) is 59.1 Å². The summed E-state index contributed by atoms with van der Waals surface area (Å²) in [5.41, 5.74) is 1.13. The van der Waals surface area contributed by atoms with Crippen molar-refractivity contribution in [2.45, 2.75) is 20.4 Å². The minimum atomic E-state index is -0.130. The van der Waals surface area contributed by atoms with Crippen LogP contribution in [0.5, 0.6) is 0 Å². The van der Waals surface area contributed by atoms with E-state index in [9.17, 15) is 4.79 Å². The lowest BCUT2D eigenvalue weighted by Gasteiger charge is -2.16. The first-order valence-corrected chi connectivity index (χ1v) is 10.8. The molecule has 0 bridgehead atoms. The Hall–Kier alpha value is -2.71. The highest BCUT2D eigenvalue weighted by Gasteiger charge is 2.17. The molecule has 1 aromatic carbocycles. The second-order valence-electron chi connectivity index (χ2n) is 6.26. The van der Waals surface area contributed by atoms with Gasteiger partial charge in [0.1, 0.15) is 10.6 Å². The number of aromatic nitrogens is 3. The molecule has 0 fully saturated rings. The molecule has 0 aliphatic heterocycles. The summed E-state index contributed by atoms with van der Waals surface area (Å²) in [4.78, 5) is 21.2. The average Bonchev–Trinajstić information content (AvgIpc) is 3.39. The molecule has 0 saturated heterocycles. The minimum absolute atomic E-state index is 0.130. The fourth-order valence-corrected chi connectivity index (χ4v) is 5.20. The number of hydrogen-bond donors (Lipinski definition) is 1. The third kappa shape index (κ3) is 3.79. The topological polar surface area (TPSA) is 63.1 Å². The molecule has 0 spiro atoms.